The topological polar surface area (TPSA) is 69.6 Å². The number of rotatable bonds is 6. The number of phenolic OH excluding ortho intramolecular Hbond substituents is 2. The van der Waals surface area contributed by atoms with Crippen molar-refractivity contribution in [2.75, 3.05) is 6.54 Å². The summed E-state index contributed by atoms with van der Waals surface area (Å²) >= 11 is 0. The SMILES string of the molecule is CCC(CC)C(=O)NCCc1cc(O)c(O)cc1C. The number of hydrogen-bond donors (Lipinski definition) is 3. The molecule has 0 aliphatic rings. The molecule has 3 N–H and O–H groups in total. The smallest absolute Gasteiger partial charge is 0.223 e. The van der Waals surface area contributed by atoms with Crippen molar-refractivity contribution in [1.82, 2.24) is 5.32 Å². The highest BCUT2D eigenvalue weighted by Crippen LogP contribution is 2.28. The Morgan fingerprint density at radius 1 is 1.21 bits per heavy atom. The van der Waals surface area contributed by atoms with E-state index < -0.39 is 0 Å². The Labute approximate surface area is 114 Å². The van der Waals surface area contributed by atoms with Crippen LogP contribution in [0.25, 0.3) is 0 Å². The summed E-state index contributed by atoms with van der Waals surface area (Å²) in [6.45, 7) is 6.43. The Bertz CT molecular complexity index is 439. The van der Waals surface area contributed by atoms with Crippen LogP contribution in [0.2, 0.25) is 0 Å². The zero-order valence-electron chi connectivity index (χ0n) is 11.9. The number of carbonyl (C=O) groups excluding carboxylic acids is 1. The van der Waals surface area contributed by atoms with Gasteiger partial charge in [0.1, 0.15) is 0 Å². The molecule has 0 atom stereocenters. The molecule has 0 unspecified atom stereocenters. The minimum absolute atomic E-state index is 0.0781. The molecular weight excluding hydrogens is 242 g/mol. The predicted octanol–water partition coefficient (Wildman–Crippen LogP) is 2.50. The zero-order chi connectivity index (χ0) is 14.4. The maximum Gasteiger partial charge on any atom is 0.223 e. The highest BCUT2D eigenvalue weighted by molar-refractivity contribution is 5.78. The summed E-state index contributed by atoms with van der Waals surface area (Å²) in [7, 11) is 0. The first-order valence-corrected chi connectivity index (χ1v) is 6.78. The minimum atomic E-state index is -0.119. The van der Waals surface area contributed by atoms with E-state index in [2.05, 4.69) is 5.32 Å². The van der Waals surface area contributed by atoms with Gasteiger partial charge in [-0.25, -0.2) is 0 Å². The Balaban J connectivity index is 2.54. The summed E-state index contributed by atoms with van der Waals surface area (Å²) in [5.74, 6) is -0.0609. The lowest BCUT2D eigenvalue weighted by Gasteiger charge is -2.13. The van der Waals surface area contributed by atoms with E-state index in [4.69, 9.17) is 0 Å². The third-order valence-corrected chi connectivity index (χ3v) is 3.48. The molecule has 0 aromatic heterocycles. The molecule has 0 saturated heterocycles. The van der Waals surface area contributed by atoms with Gasteiger partial charge in [0, 0.05) is 12.5 Å². The van der Waals surface area contributed by atoms with Crippen molar-refractivity contribution in [3.8, 4) is 11.5 Å². The second-order valence-electron chi connectivity index (χ2n) is 4.82. The average Bonchev–Trinajstić information content (AvgIpc) is 2.37. The van der Waals surface area contributed by atoms with Crippen molar-refractivity contribution in [3.05, 3.63) is 23.3 Å². The number of benzene rings is 1. The standard InChI is InChI=1S/C15H23NO3/c1-4-11(5-2)15(19)16-7-6-12-9-14(18)13(17)8-10(12)3/h8-9,11,17-18H,4-7H2,1-3H3,(H,16,19). The summed E-state index contributed by atoms with van der Waals surface area (Å²) in [6, 6.07) is 3.08. The Morgan fingerprint density at radius 3 is 2.37 bits per heavy atom. The molecule has 0 saturated carbocycles. The van der Waals surface area contributed by atoms with E-state index in [1.54, 1.807) is 6.07 Å². The number of aryl methyl sites for hydroxylation is 1. The molecule has 19 heavy (non-hydrogen) atoms. The maximum atomic E-state index is 11.8. The van der Waals surface area contributed by atoms with Gasteiger partial charge in [-0.1, -0.05) is 13.8 Å². The van der Waals surface area contributed by atoms with Crippen LogP contribution in [0.4, 0.5) is 0 Å². The molecule has 1 aromatic carbocycles. The van der Waals surface area contributed by atoms with Crippen LogP contribution >= 0.6 is 0 Å². The third-order valence-electron chi connectivity index (χ3n) is 3.48. The normalized spacial score (nSPS) is 10.7. The highest BCUT2D eigenvalue weighted by Gasteiger charge is 2.13. The van der Waals surface area contributed by atoms with Crippen molar-refractivity contribution < 1.29 is 15.0 Å². The number of nitrogens with one attached hydrogen (secondary N) is 1. The van der Waals surface area contributed by atoms with E-state index in [0.717, 1.165) is 24.0 Å². The quantitative estimate of drug-likeness (QED) is 0.692. The lowest BCUT2D eigenvalue weighted by atomic mass is 10.0. The number of phenols is 2. The van der Waals surface area contributed by atoms with Crippen molar-refractivity contribution in [2.24, 2.45) is 5.92 Å². The molecule has 1 amide bonds. The molecule has 1 rings (SSSR count). The molecule has 4 nitrogen and oxygen atoms in total. The van der Waals surface area contributed by atoms with Gasteiger partial charge in [-0.05, 0) is 49.4 Å². The number of hydrogen-bond acceptors (Lipinski definition) is 3. The van der Waals surface area contributed by atoms with Crippen molar-refractivity contribution in [2.45, 2.75) is 40.0 Å². The van der Waals surface area contributed by atoms with Gasteiger partial charge in [-0.15, -0.1) is 0 Å². The van der Waals surface area contributed by atoms with E-state index >= 15 is 0 Å². The molecular formula is C15H23NO3. The fourth-order valence-electron chi connectivity index (χ4n) is 2.12. The number of amides is 1. The van der Waals surface area contributed by atoms with Gasteiger partial charge in [0.15, 0.2) is 11.5 Å². The molecule has 0 aliphatic heterocycles. The van der Waals surface area contributed by atoms with Gasteiger partial charge in [0.05, 0.1) is 0 Å². The summed E-state index contributed by atoms with van der Waals surface area (Å²) in [5.41, 5.74) is 1.84. The van der Waals surface area contributed by atoms with E-state index in [0.29, 0.717) is 13.0 Å². The predicted molar refractivity (Wildman–Crippen MR) is 75.3 cm³/mol. The molecule has 106 valence electrons. The average molecular weight is 265 g/mol. The third kappa shape index (κ3) is 4.16. The van der Waals surface area contributed by atoms with Crippen LogP contribution in [-0.2, 0) is 11.2 Å². The first-order chi connectivity index (χ1) is 8.99. The van der Waals surface area contributed by atoms with Crippen LogP contribution in [0.3, 0.4) is 0 Å². The van der Waals surface area contributed by atoms with Crippen LogP contribution in [0.1, 0.15) is 37.8 Å². The Hall–Kier alpha value is -1.71. The Morgan fingerprint density at radius 2 is 1.79 bits per heavy atom. The number of carbonyl (C=O) groups is 1. The monoisotopic (exact) mass is 265 g/mol. The fourth-order valence-corrected chi connectivity index (χ4v) is 2.12. The minimum Gasteiger partial charge on any atom is -0.504 e. The second kappa shape index (κ2) is 7.02. The van der Waals surface area contributed by atoms with E-state index in [1.165, 1.54) is 6.07 Å². The molecule has 0 radical (unpaired) electrons. The van der Waals surface area contributed by atoms with Gasteiger partial charge >= 0.3 is 0 Å². The molecule has 0 heterocycles. The first-order valence-electron chi connectivity index (χ1n) is 6.78. The zero-order valence-corrected chi connectivity index (χ0v) is 11.9. The molecule has 4 heteroatoms. The lowest BCUT2D eigenvalue weighted by molar-refractivity contribution is -0.125. The summed E-state index contributed by atoms with van der Waals surface area (Å²) < 4.78 is 0. The van der Waals surface area contributed by atoms with Crippen LogP contribution < -0.4 is 5.32 Å². The van der Waals surface area contributed by atoms with E-state index in [9.17, 15) is 15.0 Å². The molecule has 0 aliphatic carbocycles. The first kappa shape index (κ1) is 15.3. The molecule has 1 aromatic rings. The van der Waals surface area contributed by atoms with Crippen LogP contribution in [0.15, 0.2) is 12.1 Å². The largest absolute Gasteiger partial charge is 0.504 e. The molecule has 0 bridgehead atoms. The van der Waals surface area contributed by atoms with Crippen LogP contribution in [0.5, 0.6) is 11.5 Å². The van der Waals surface area contributed by atoms with Crippen molar-refractivity contribution >= 4 is 5.91 Å². The van der Waals surface area contributed by atoms with Crippen molar-refractivity contribution in [1.29, 1.82) is 0 Å². The summed E-state index contributed by atoms with van der Waals surface area (Å²) in [6.07, 6.45) is 2.34. The van der Waals surface area contributed by atoms with Crippen LogP contribution in [0, 0.1) is 12.8 Å². The lowest BCUT2D eigenvalue weighted by Crippen LogP contribution is -2.31. The highest BCUT2D eigenvalue weighted by atomic mass is 16.3. The van der Waals surface area contributed by atoms with Crippen LogP contribution in [-0.4, -0.2) is 22.7 Å². The van der Waals surface area contributed by atoms with Crippen molar-refractivity contribution in [3.63, 3.8) is 0 Å². The van der Waals surface area contributed by atoms with Gasteiger partial charge < -0.3 is 15.5 Å². The second-order valence-corrected chi connectivity index (χ2v) is 4.82. The maximum absolute atomic E-state index is 11.8. The summed E-state index contributed by atoms with van der Waals surface area (Å²) in [5, 5.41) is 21.7. The number of aromatic hydroxyl groups is 2. The van der Waals surface area contributed by atoms with Gasteiger partial charge in [0.25, 0.3) is 0 Å². The van der Waals surface area contributed by atoms with Gasteiger partial charge in [0.2, 0.25) is 5.91 Å². The van der Waals surface area contributed by atoms with Gasteiger partial charge in [-0.2, -0.15) is 0 Å². The Kier molecular flexibility index (Phi) is 5.67. The van der Waals surface area contributed by atoms with Gasteiger partial charge in [-0.3, -0.25) is 4.79 Å². The summed E-state index contributed by atoms with van der Waals surface area (Å²) in [4.78, 5) is 11.8. The molecule has 0 spiro atoms. The molecule has 0 fully saturated rings. The fraction of sp³-hybridized carbons (Fsp3) is 0.533. The van der Waals surface area contributed by atoms with E-state index in [1.807, 2.05) is 20.8 Å². The van der Waals surface area contributed by atoms with E-state index in [-0.39, 0.29) is 23.3 Å².